The van der Waals surface area contributed by atoms with Gasteiger partial charge in [0.2, 0.25) is 0 Å². The first-order chi connectivity index (χ1) is 16.1. The summed E-state index contributed by atoms with van der Waals surface area (Å²) in [7, 11) is 0. The number of piperidine rings is 1. The normalized spacial score (nSPS) is 15.1. The zero-order valence-corrected chi connectivity index (χ0v) is 19.4. The quantitative estimate of drug-likeness (QED) is 0.370. The van der Waals surface area contributed by atoms with Gasteiger partial charge in [-0.2, -0.15) is 0 Å². The van der Waals surface area contributed by atoms with Crippen molar-refractivity contribution in [3.8, 4) is 11.5 Å². The number of carbonyl (C=O) groups is 1. The molecule has 168 valence electrons. The number of furan rings is 1. The van der Waals surface area contributed by atoms with Crippen molar-refractivity contribution in [2.24, 2.45) is 0 Å². The van der Waals surface area contributed by atoms with E-state index >= 15 is 0 Å². The number of pyridine rings is 1. The maximum atomic E-state index is 13.3. The zero-order chi connectivity index (χ0) is 22.8. The number of para-hydroxylation sites is 1. The standard InChI is InChI=1S/C26H23Cl2N3O2/c27-21-8-7-17(14-22(21)28)16-31-11-9-18(10-12-31)29-26(32)20-15-24(25-6-3-13-33-25)30-23-5-2-1-4-19(20)23/h1-8,13-15,18H,9-12,16H2,(H,29,32). The zero-order valence-electron chi connectivity index (χ0n) is 17.9. The van der Waals surface area contributed by atoms with Crippen molar-refractivity contribution in [3.05, 3.63) is 88.1 Å². The molecule has 33 heavy (non-hydrogen) atoms. The molecule has 1 fully saturated rings. The highest BCUT2D eigenvalue weighted by atomic mass is 35.5. The summed E-state index contributed by atoms with van der Waals surface area (Å²) in [5.41, 5.74) is 3.18. The highest BCUT2D eigenvalue weighted by Crippen LogP contribution is 2.26. The van der Waals surface area contributed by atoms with Gasteiger partial charge in [-0.25, -0.2) is 4.98 Å². The van der Waals surface area contributed by atoms with Gasteiger partial charge in [0.05, 0.1) is 27.4 Å². The fourth-order valence-electron chi connectivity index (χ4n) is 4.31. The molecule has 0 atom stereocenters. The minimum Gasteiger partial charge on any atom is -0.463 e. The fourth-order valence-corrected chi connectivity index (χ4v) is 4.63. The summed E-state index contributed by atoms with van der Waals surface area (Å²) in [5.74, 6) is 0.565. The van der Waals surface area contributed by atoms with Gasteiger partial charge < -0.3 is 9.73 Å². The number of hydrogen-bond acceptors (Lipinski definition) is 4. The van der Waals surface area contributed by atoms with Crippen LogP contribution in [0.3, 0.4) is 0 Å². The van der Waals surface area contributed by atoms with Gasteiger partial charge in [0, 0.05) is 31.1 Å². The van der Waals surface area contributed by atoms with Gasteiger partial charge in [0.15, 0.2) is 5.76 Å². The van der Waals surface area contributed by atoms with E-state index in [4.69, 9.17) is 27.6 Å². The Morgan fingerprint density at radius 2 is 1.85 bits per heavy atom. The summed E-state index contributed by atoms with van der Waals surface area (Å²) in [6.07, 6.45) is 3.39. The lowest BCUT2D eigenvalue weighted by Gasteiger charge is -2.32. The third kappa shape index (κ3) is 4.91. The topological polar surface area (TPSA) is 58.4 Å². The SMILES string of the molecule is O=C(NC1CCN(Cc2ccc(Cl)c(Cl)c2)CC1)c1cc(-c2ccco2)nc2ccccc12. The van der Waals surface area contributed by atoms with Gasteiger partial charge in [-0.1, -0.05) is 47.5 Å². The maximum Gasteiger partial charge on any atom is 0.252 e. The Bertz CT molecular complexity index is 1280. The van der Waals surface area contributed by atoms with Crippen LogP contribution in [0.5, 0.6) is 0 Å². The van der Waals surface area contributed by atoms with Crippen LogP contribution in [-0.2, 0) is 6.54 Å². The van der Waals surface area contributed by atoms with Crippen LogP contribution in [0.2, 0.25) is 10.0 Å². The van der Waals surface area contributed by atoms with Crippen molar-refractivity contribution in [1.29, 1.82) is 0 Å². The van der Waals surface area contributed by atoms with E-state index < -0.39 is 0 Å². The van der Waals surface area contributed by atoms with E-state index in [1.54, 1.807) is 6.26 Å². The molecule has 0 bridgehead atoms. The van der Waals surface area contributed by atoms with Crippen molar-refractivity contribution in [2.45, 2.75) is 25.4 Å². The Hall–Kier alpha value is -2.86. The molecule has 0 saturated carbocycles. The first kappa shape index (κ1) is 22.0. The molecule has 4 aromatic rings. The van der Waals surface area contributed by atoms with Crippen LogP contribution in [0.4, 0.5) is 0 Å². The van der Waals surface area contributed by atoms with Gasteiger partial charge in [0.25, 0.3) is 5.91 Å². The number of halogens is 2. The van der Waals surface area contributed by atoms with Crippen LogP contribution in [0.15, 0.2) is 71.3 Å². The highest BCUT2D eigenvalue weighted by molar-refractivity contribution is 6.42. The summed E-state index contributed by atoms with van der Waals surface area (Å²) in [4.78, 5) is 20.3. The van der Waals surface area contributed by atoms with Crippen molar-refractivity contribution >= 4 is 40.0 Å². The predicted molar refractivity (Wildman–Crippen MR) is 132 cm³/mol. The van der Waals surface area contributed by atoms with E-state index in [2.05, 4.69) is 15.2 Å². The number of nitrogens with one attached hydrogen (secondary N) is 1. The van der Waals surface area contributed by atoms with E-state index in [0.29, 0.717) is 27.1 Å². The second-order valence-electron chi connectivity index (χ2n) is 8.32. The van der Waals surface area contributed by atoms with Gasteiger partial charge >= 0.3 is 0 Å². The second-order valence-corrected chi connectivity index (χ2v) is 9.14. The fraction of sp³-hybridized carbons (Fsp3) is 0.231. The number of hydrogen-bond donors (Lipinski definition) is 1. The minimum atomic E-state index is -0.0793. The molecule has 7 heteroatoms. The monoisotopic (exact) mass is 479 g/mol. The number of aromatic nitrogens is 1. The summed E-state index contributed by atoms with van der Waals surface area (Å²) in [5, 5.41) is 5.22. The molecular weight excluding hydrogens is 457 g/mol. The van der Waals surface area contributed by atoms with E-state index in [1.165, 1.54) is 0 Å². The average Bonchev–Trinajstić information content (AvgIpc) is 3.37. The van der Waals surface area contributed by atoms with Crippen molar-refractivity contribution in [2.75, 3.05) is 13.1 Å². The molecule has 1 amide bonds. The van der Waals surface area contributed by atoms with Gasteiger partial charge in [-0.15, -0.1) is 0 Å². The first-order valence-electron chi connectivity index (χ1n) is 11.0. The number of benzene rings is 2. The molecule has 1 aliphatic rings. The molecular formula is C26H23Cl2N3O2. The average molecular weight is 480 g/mol. The molecule has 5 nitrogen and oxygen atoms in total. The van der Waals surface area contributed by atoms with Crippen LogP contribution in [-0.4, -0.2) is 34.9 Å². The molecule has 1 N–H and O–H groups in total. The van der Waals surface area contributed by atoms with E-state index in [1.807, 2.05) is 60.7 Å². The number of rotatable bonds is 5. The molecule has 5 rings (SSSR count). The lowest BCUT2D eigenvalue weighted by molar-refractivity contribution is 0.0910. The molecule has 1 saturated heterocycles. The Morgan fingerprint density at radius 1 is 1.03 bits per heavy atom. The van der Waals surface area contributed by atoms with Gasteiger partial charge in [-0.05, 0) is 54.8 Å². The number of likely N-dealkylation sites (tertiary alicyclic amines) is 1. The summed E-state index contributed by atoms with van der Waals surface area (Å²) in [6.45, 7) is 2.62. The largest absolute Gasteiger partial charge is 0.463 e. The number of fused-ring (bicyclic) bond motifs is 1. The van der Waals surface area contributed by atoms with Crippen LogP contribution < -0.4 is 5.32 Å². The van der Waals surface area contributed by atoms with Crippen LogP contribution >= 0.6 is 23.2 Å². The second kappa shape index (κ2) is 9.56. The van der Waals surface area contributed by atoms with Crippen molar-refractivity contribution in [3.63, 3.8) is 0 Å². The van der Waals surface area contributed by atoms with E-state index in [-0.39, 0.29) is 11.9 Å². The smallest absolute Gasteiger partial charge is 0.252 e. The van der Waals surface area contributed by atoms with Crippen molar-refractivity contribution < 1.29 is 9.21 Å². The molecule has 0 unspecified atom stereocenters. The van der Waals surface area contributed by atoms with Crippen LogP contribution in [0.1, 0.15) is 28.8 Å². The van der Waals surface area contributed by atoms with E-state index in [9.17, 15) is 4.79 Å². The first-order valence-corrected chi connectivity index (χ1v) is 11.7. The Morgan fingerprint density at radius 3 is 2.61 bits per heavy atom. The summed E-state index contributed by atoms with van der Waals surface area (Å²) < 4.78 is 5.51. The Labute approximate surface area is 202 Å². The minimum absolute atomic E-state index is 0.0793. The lowest BCUT2D eigenvalue weighted by atomic mass is 10.0. The molecule has 1 aliphatic heterocycles. The molecule has 0 spiro atoms. The van der Waals surface area contributed by atoms with E-state index in [0.717, 1.165) is 48.9 Å². The summed E-state index contributed by atoms with van der Waals surface area (Å²) >= 11 is 12.2. The molecule has 2 aromatic heterocycles. The third-order valence-electron chi connectivity index (χ3n) is 6.05. The Kier molecular flexibility index (Phi) is 6.36. The lowest BCUT2D eigenvalue weighted by Crippen LogP contribution is -2.44. The predicted octanol–water partition coefficient (Wildman–Crippen LogP) is 6.20. The molecule has 3 heterocycles. The van der Waals surface area contributed by atoms with Crippen LogP contribution in [0.25, 0.3) is 22.4 Å². The highest BCUT2D eigenvalue weighted by Gasteiger charge is 2.23. The number of amides is 1. The summed E-state index contributed by atoms with van der Waals surface area (Å²) in [6, 6.07) is 19.1. The van der Waals surface area contributed by atoms with Crippen LogP contribution in [0, 0.1) is 0 Å². The van der Waals surface area contributed by atoms with Crippen molar-refractivity contribution in [1.82, 2.24) is 15.2 Å². The van der Waals surface area contributed by atoms with Gasteiger partial charge in [0.1, 0.15) is 5.69 Å². The molecule has 0 radical (unpaired) electrons. The van der Waals surface area contributed by atoms with Gasteiger partial charge in [-0.3, -0.25) is 9.69 Å². The number of carbonyl (C=O) groups excluding carboxylic acids is 1. The third-order valence-corrected chi connectivity index (χ3v) is 6.79. The number of nitrogens with zero attached hydrogens (tertiary/aromatic N) is 2. The molecule has 2 aromatic carbocycles. The molecule has 0 aliphatic carbocycles. The maximum absolute atomic E-state index is 13.3. The Balaban J connectivity index is 1.27.